The number of carbonyl (C=O) groups is 1. The number of likely N-dealkylation sites (tertiary alicyclic amines) is 1. The maximum Gasteiger partial charge on any atom is 0.257 e. The fraction of sp³-hybridized carbons (Fsp3) is 0.364. The second-order valence-corrected chi connectivity index (χ2v) is 7.79. The van der Waals surface area contributed by atoms with Crippen LogP contribution in [0.3, 0.4) is 0 Å². The summed E-state index contributed by atoms with van der Waals surface area (Å²) in [6, 6.07) is 10.00. The molecule has 0 spiro atoms. The summed E-state index contributed by atoms with van der Waals surface area (Å²) >= 11 is 0. The zero-order valence-electron chi connectivity index (χ0n) is 16.9. The van der Waals surface area contributed by atoms with Gasteiger partial charge in [-0.2, -0.15) is 0 Å². The molecule has 0 bridgehead atoms. The highest BCUT2D eigenvalue weighted by atomic mass is 16.3. The lowest BCUT2D eigenvalue weighted by atomic mass is 9.94. The molecular weight excluding hydrogens is 366 g/mol. The van der Waals surface area contributed by atoms with Gasteiger partial charge in [-0.25, -0.2) is 9.97 Å². The van der Waals surface area contributed by atoms with Crippen molar-refractivity contribution in [2.75, 3.05) is 32.1 Å². The third kappa shape index (κ3) is 3.78. The Morgan fingerprint density at radius 2 is 2.00 bits per heavy atom. The molecular formula is C22H25N5O2. The topological polar surface area (TPSA) is 82.5 Å². The molecule has 1 aromatic carbocycles. The molecule has 2 atom stereocenters. The SMILES string of the molecule is Cc1nc(N(C)C)ncc1C(=O)N1C[C@@H](Cc2ccnc3ccccc23)[C@H](O)C1. The van der Waals surface area contributed by atoms with Gasteiger partial charge in [0.25, 0.3) is 5.91 Å². The van der Waals surface area contributed by atoms with Crippen molar-refractivity contribution >= 4 is 22.8 Å². The van der Waals surface area contributed by atoms with Gasteiger partial charge in [-0.3, -0.25) is 9.78 Å². The van der Waals surface area contributed by atoms with E-state index in [9.17, 15) is 9.90 Å². The summed E-state index contributed by atoms with van der Waals surface area (Å²) in [7, 11) is 3.72. The van der Waals surface area contributed by atoms with Gasteiger partial charge < -0.3 is 14.9 Å². The number of aliphatic hydroxyl groups excluding tert-OH is 1. The van der Waals surface area contributed by atoms with E-state index in [1.54, 1.807) is 22.2 Å². The number of benzene rings is 1. The second-order valence-electron chi connectivity index (χ2n) is 7.79. The lowest BCUT2D eigenvalue weighted by Crippen LogP contribution is -2.30. The van der Waals surface area contributed by atoms with E-state index in [4.69, 9.17) is 0 Å². The highest BCUT2D eigenvalue weighted by molar-refractivity contribution is 5.95. The van der Waals surface area contributed by atoms with Gasteiger partial charge in [0, 0.05) is 50.9 Å². The number of aryl methyl sites for hydroxylation is 1. The Kier molecular flexibility index (Phi) is 5.15. The number of nitrogens with zero attached hydrogens (tertiary/aromatic N) is 5. The van der Waals surface area contributed by atoms with Gasteiger partial charge >= 0.3 is 0 Å². The first-order valence-electron chi connectivity index (χ1n) is 9.75. The molecule has 7 heteroatoms. The average molecular weight is 391 g/mol. The largest absolute Gasteiger partial charge is 0.391 e. The number of carbonyl (C=O) groups excluding carboxylic acids is 1. The molecule has 0 radical (unpaired) electrons. The smallest absolute Gasteiger partial charge is 0.257 e. The zero-order valence-corrected chi connectivity index (χ0v) is 16.9. The minimum Gasteiger partial charge on any atom is -0.391 e. The predicted octanol–water partition coefficient (Wildman–Crippen LogP) is 2.07. The van der Waals surface area contributed by atoms with Crippen LogP contribution in [0.2, 0.25) is 0 Å². The van der Waals surface area contributed by atoms with Crippen LogP contribution in [0.15, 0.2) is 42.7 Å². The molecule has 1 aliphatic heterocycles. The first kappa shape index (κ1) is 19.3. The molecule has 29 heavy (non-hydrogen) atoms. The van der Waals surface area contributed by atoms with Crippen LogP contribution in [0, 0.1) is 12.8 Å². The van der Waals surface area contributed by atoms with Crippen molar-refractivity contribution in [3.05, 3.63) is 59.5 Å². The lowest BCUT2D eigenvalue weighted by Gasteiger charge is -2.18. The summed E-state index contributed by atoms with van der Waals surface area (Å²) in [4.78, 5) is 29.6. The normalized spacial score (nSPS) is 19.0. The van der Waals surface area contributed by atoms with Crippen LogP contribution in [0.5, 0.6) is 0 Å². The van der Waals surface area contributed by atoms with Crippen LogP contribution in [0.4, 0.5) is 5.95 Å². The second kappa shape index (κ2) is 7.75. The molecule has 3 aromatic rings. The minimum atomic E-state index is -0.562. The number of β-amino-alcohol motifs (C(OH)–C–C–N with tert-alkyl or cyclic N) is 1. The van der Waals surface area contributed by atoms with Gasteiger partial charge in [-0.05, 0) is 31.0 Å². The first-order chi connectivity index (χ1) is 13.9. The molecule has 3 heterocycles. The number of hydrogen-bond acceptors (Lipinski definition) is 6. The van der Waals surface area contributed by atoms with Crippen molar-refractivity contribution in [1.29, 1.82) is 0 Å². The highest BCUT2D eigenvalue weighted by Crippen LogP contribution is 2.26. The number of fused-ring (bicyclic) bond motifs is 1. The quantitative estimate of drug-likeness (QED) is 0.733. The highest BCUT2D eigenvalue weighted by Gasteiger charge is 2.35. The van der Waals surface area contributed by atoms with Crippen LogP contribution in [0.1, 0.15) is 21.6 Å². The van der Waals surface area contributed by atoms with Crippen LogP contribution >= 0.6 is 0 Å². The molecule has 1 aliphatic rings. The molecule has 0 unspecified atom stereocenters. The monoisotopic (exact) mass is 391 g/mol. The van der Waals surface area contributed by atoms with Gasteiger partial charge in [0.05, 0.1) is 22.9 Å². The summed E-state index contributed by atoms with van der Waals surface area (Å²) in [6.45, 7) is 2.64. The Morgan fingerprint density at radius 3 is 2.76 bits per heavy atom. The minimum absolute atomic E-state index is 0.0213. The number of pyridine rings is 1. The summed E-state index contributed by atoms with van der Waals surface area (Å²) in [5.74, 6) is 0.420. The van der Waals surface area contributed by atoms with Crippen molar-refractivity contribution in [2.24, 2.45) is 5.92 Å². The molecule has 2 aromatic heterocycles. The Labute approximate surface area is 170 Å². The molecule has 1 N–H and O–H groups in total. The van der Waals surface area contributed by atoms with Crippen molar-refractivity contribution in [3.63, 3.8) is 0 Å². The number of anilines is 1. The van der Waals surface area contributed by atoms with Crippen molar-refractivity contribution in [2.45, 2.75) is 19.4 Å². The summed E-state index contributed by atoms with van der Waals surface area (Å²) in [5, 5.41) is 11.7. The number of amides is 1. The van der Waals surface area contributed by atoms with E-state index in [0.717, 1.165) is 16.5 Å². The van der Waals surface area contributed by atoms with Gasteiger partial charge in [-0.15, -0.1) is 0 Å². The van der Waals surface area contributed by atoms with E-state index in [2.05, 4.69) is 21.0 Å². The molecule has 150 valence electrons. The summed E-state index contributed by atoms with van der Waals surface area (Å²) in [5.41, 5.74) is 3.22. The van der Waals surface area contributed by atoms with Crippen LogP contribution in [-0.2, 0) is 6.42 Å². The van der Waals surface area contributed by atoms with Crippen LogP contribution < -0.4 is 4.90 Å². The van der Waals surface area contributed by atoms with E-state index in [-0.39, 0.29) is 11.8 Å². The fourth-order valence-corrected chi connectivity index (χ4v) is 3.89. The van der Waals surface area contributed by atoms with E-state index in [1.165, 1.54) is 0 Å². The predicted molar refractivity (Wildman–Crippen MR) is 112 cm³/mol. The molecule has 7 nitrogen and oxygen atoms in total. The Balaban J connectivity index is 1.52. The Bertz CT molecular complexity index is 1050. The molecule has 1 saturated heterocycles. The standard InChI is InChI=1S/C22H25N5O2/c1-14-18(11-24-22(25-14)26(2)3)21(29)27-12-16(20(28)13-27)10-15-8-9-23-19-7-5-4-6-17(15)19/h4-9,11,16,20,28H,10,12-13H2,1-3H3/t16-,20-/m1/s1. The molecule has 0 saturated carbocycles. The molecule has 1 amide bonds. The lowest BCUT2D eigenvalue weighted by molar-refractivity contribution is 0.0763. The fourth-order valence-electron chi connectivity index (χ4n) is 3.89. The third-order valence-electron chi connectivity index (χ3n) is 5.51. The van der Waals surface area contributed by atoms with E-state index in [1.807, 2.05) is 45.3 Å². The maximum absolute atomic E-state index is 13.0. The number of aliphatic hydroxyl groups is 1. The average Bonchev–Trinajstić information content (AvgIpc) is 3.08. The van der Waals surface area contributed by atoms with Gasteiger partial charge in [0.2, 0.25) is 5.95 Å². The van der Waals surface area contributed by atoms with Gasteiger partial charge in [0.1, 0.15) is 0 Å². The summed E-state index contributed by atoms with van der Waals surface area (Å²) in [6.07, 6.45) is 3.52. The molecule has 0 aliphatic carbocycles. The van der Waals surface area contributed by atoms with Crippen molar-refractivity contribution in [3.8, 4) is 0 Å². The third-order valence-corrected chi connectivity index (χ3v) is 5.51. The number of para-hydroxylation sites is 1. The number of aromatic nitrogens is 3. The van der Waals surface area contributed by atoms with Crippen molar-refractivity contribution in [1.82, 2.24) is 19.9 Å². The van der Waals surface area contributed by atoms with Crippen molar-refractivity contribution < 1.29 is 9.90 Å². The van der Waals surface area contributed by atoms with E-state index >= 15 is 0 Å². The Hall–Kier alpha value is -3.06. The van der Waals surface area contributed by atoms with Crippen LogP contribution in [0.25, 0.3) is 10.9 Å². The zero-order chi connectivity index (χ0) is 20.5. The van der Waals surface area contributed by atoms with Gasteiger partial charge in [0.15, 0.2) is 0 Å². The summed E-state index contributed by atoms with van der Waals surface area (Å²) < 4.78 is 0. The van der Waals surface area contributed by atoms with Crippen LogP contribution in [-0.4, -0.2) is 64.2 Å². The number of hydrogen-bond donors (Lipinski definition) is 1. The maximum atomic E-state index is 13.0. The Morgan fingerprint density at radius 1 is 1.21 bits per heavy atom. The molecule has 4 rings (SSSR count). The van der Waals surface area contributed by atoms with Gasteiger partial charge in [-0.1, -0.05) is 18.2 Å². The number of rotatable bonds is 4. The first-order valence-corrected chi connectivity index (χ1v) is 9.75. The molecule has 1 fully saturated rings. The van der Waals surface area contributed by atoms with E-state index < -0.39 is 6.10 Å². The van der Waals surface area contributed by atoms with E-state index in [0.29, 0.717) is 36.7 Å².